The van der Waals surface area contributed by atoms with Gasteiger partial charge in [0.05, 0.1) is 11.6 Å². The molecule has 2 aromatic carbocycles. The molecule has 2 bridgehead atoms. The van der Waals surface area contributed by atoms with Crippen molar-refractivity contribution in [2.75, 3.05) is 13.2 Å². The molecule has 0 spiro atoms. The van der Waals surface area contributed by atoms with Gasteiger partial charge in [0.25, 0.3) is 11.8 Å². The number of aliphatic hydroxyl groups excluding tert-OH is 1. The first-order chi connectivity index (χ1) is 19.2. The van der Waals surface area contributed by atoms with E-state index in [-0.39, 0.29) is 29.4 Å². The number of carbonyl (C=O) groups excluding carboxylic acids is 2. The summed E-state index contributed by atoms with van der Waals surface area (Å²) < 4.78 is 86.5. The molecule has 6 rings (SSSR count). The average molecular weight is 588 g/mol. The van der Waals surface area contributed by atoms with E-state index in [9.17, 15) is 36.6 Å². The average Bonchev–Trinajstić information content (AvgIpc) is 3.20. The third kappa shape index (κ3) is 6.66. The summed E-state index contributed by atoms with van der Waals surface area (Å²) in [5.41, 5.74) is -1.62. The van der Waals surface area contributed by atoms with Crippen molar-refractivity contribution in [1.29, 1.82) is 0 Å². The Morgan fingerprint density at radius 2 is 1.41 bits per heavy atom. The van der Waals surface area contributed by atoms with Crippen LogP contribution < -0.4 is 34.3 Å². The van der Waals surface area contributed by atoms with Gasteiger partial charge in [-0.05, 0) is 68.5 Å². The van der Waals surface area contributed by atoms with Crippen molar-refractivity contribution in [1.82, 2.24) is 10.6 Å². The summed E-state index contributed by atoms with van der Waals surface area (Å²) >= 11 is 0. The van der Waals surface area contributed by atoms with Crippen LogP contribution in [0.5, 0.6) is 28.7 Å². The van der Waals surface area contributed by atoms with E-state index < -0.39 is 60.6 Å². The molecule has 222 valence electrons. The number of aliphatic hydroxyl groups is 1. The minimum atomic E-state index is -4.82. The normalized spacial score (nSPS) is 25.8. The van der Waals surface area contributed by atoms with Gasteiger partial charge in [-0.3, -0.25) is 9.59 Å². The number of carbonyl (C=O) groups is 2. The molecule has 1 unspecified atom stereocenters. The van der Waals surface area contributed by atoms with Crippen LogP contribution in [0.25, 0.3) is 0 Å². The Bertz CT molecular complexity index is 1300. The molecule has 3 saturated carbocycles. The van der Waals surface area contributed by atoms with E-state index in [2.05, 4.69) is 24.8 Å². The molecule has 3 fully saturated rings. The predicted octanol–water partition coefficient (Wildman–Crippen LogP) is 3.41. The zero-order chi connectivity index (χ0) is 29.5. The maximum Gasteiger partial charge on any atom is 0.586 e. The molecule has 0 saturated heterocycles. The fraction of sp³-hybridized carbons (Fsp3) is 0.462. The van der Waals surface area contributed by atoms with Gasteiger partial charge in [0.2, 0.25) is 0 Å². The molecule has 2 amide bonds. The molecule has 3 aliphatic carbocycles. The Morgan fingerprint density at radius 3 is 2.05 bits per heavy atom. The number of hydrogen-bond acceptors (Lipinski definition) is 8. The fourth-order valence-corrected chi connectivity index (χ4v) is 5.36. The summed E-state index contributed by atoms with van der Waals surface area (Å²) in [5.74, 6) is -1.51. The summed E-state index contributed by atoms with van der Waals surface area (Å²) in [6, 6.07) is 8.36. The van der Waals surface area contributed by atoms with E-state index in [4.69, 9.17) is 9.47 Å². The van der Waals surface area contributed by atoms with Crippen LogP contribution in [-0.2, 0) is 9.59 Å². The molecular weight excluding hydrogens is 563 g/mol. The van der Waals surface area contributed by atoms with Crippen molar-refractivity contribution in [2.24, 2.45) is 0 Å². The van der Waals surface area contributed by atoms with Gasteiger partial charge >= 0.3 is 12.7 Å². The Morgan fingerprint density at radius 1 is 0.854 bits per heavy atom. The minimum absolute atomic E-state index is 0.125. The Balaban J connectivity index is 1.08. The summed E-state index contributed by atoms with van der Waals surface area (Å²) in [6.45, 7) is -0.832. The second-order valence-electron chi connectivity index (χ2n) is 10.1. The predicted molar refractivity (Wildman–Crippen MR) is 128 cm³/mol. The largest absolute Gasteiger partial charge is 0.586 e. The highest BCUT2D eigenvalue weighted by atomic mass is 19.4. The second-order valence-corrected chi connectivity index (χ2v) is 10.1. The Kier molecular flexibility index (Phi) is 7.26. The van der Waals surface area contributed by atoms with Crippen LogP contribution >= 0.6 is 0 Å². The summed E-state index contributed by atoms with van der Waals surface area (Å²) in [5, 5.41) is 16.6. The van der Waals surface area contributed by atoms with Gasteiger partial charge < -0.3 is 39.4 Å². The first-order valence-electron chi connectivity index (χ1n) is 12.6. The molecule has 1 atom stereocenters. The first kappa shape index (κ1) is 28.5. The minimum Gasteiger partial charge on any atom is -0.484 e. The molecule has 0 aromatic heterocycles. The third-order valence-electron chi connectivity index (χ3n) is 7.28. The van der Waals surface area contributed by atoms with Crippen LogP contribution in [0.2, 0.25) is 0 Å². The third-order valence-corrected chi connectivity index (χ3v) is 7.28. The second kappa shape index (κ2) is 10.4. The first-order valence-corrected chi connectivity index (χ1v) is 12.6. The van der Waals surface area contributed by atoms with Gasteiger partial charge in [-0.2, -0.15) is 0 Å². The Hall–Kier alpha value is -4.01. The highest BCUT2D eigenvalue weighted by molar-refractivity contribution is 5.79. The summed E-state index contributed by atoms with van der Waals surface area (Å²) in [6.07, 6.45) is -7.69. The number of fused-ring (bicyclic) bond motifs is 4. The highest BCUT2D eigenvalue weighted by Gasteiger charge is 2.55. The topological polar surface area (TPSA) is 125 Å². The van der Waals surface area contributed by atoms with Crippen molar-refractivity contribution in [3.05, 3.63) is 42.5 Å². The number of nitrogens with one attached hydrogen (secondary N) is 2. The van der Waals surface area contributed by atoms with E-state index in [1.165, 1.54) is 30.3 Å². The van der Waals surface area contributed by atoms with Crippen molar-refractivity contribution in [3.63, 3.8) is 0 Å². The zero-order valence-electron chi connectivity index (χ0n) is 21.3. The molecule has 15 heteroatoms. The molecule has 41 heavy (non-hydrogen) atoms. The van der Waals surface area contributed by atoms with Crippen molar-refractivity contribution in [2.45, 2.75) is 61.9 Å². The number of ether oxygens (including phenoxy) is 5. The van der Waals surface area contributed by atoms with Gasteiger partial charge in [0.15, 0.2) is 24.7 Å². The maximum atomic E-state index is 13.2. The quantitative estimate of drug-likeness (QED) is 0.381. The SMILES string of the molecule is O=C(COc1ccc2c(c1)OC(F)(F)O2)NC12CCC(NC(=O)COc3ccc(OC(F)(F)F)cc3)(CC1)C(O)C2. The Labute approximate surface area is 229 Å². The zero-order valence-corrected chi connectivity index (χ0v) is 21.3. The van der Waals surface area contributed by atoms with Crippen LogP contribution in [0.3, 0.4) is 0 Å². The standard InChI is InChI=1S/C26H25F5N2O8/c27-25(28,29)39-16-3-1-15(2-4-16)37-14-22(36)33-24-9-7-23(8-10-24,12-20(24)34)32-21(35)13-38-17-5-6-18-19(11-17)41-26(30,31)40-18/h1-6,11,20,34H,7-10,12-14H2,(H,32,35)(H,33,36). The molecule has 4 aliphatic rings. The van der Waals surface area contributed by atoms with Crippen LogP contribution in [0.15, 0.2) is 42.5 Å². The molecule has 1 heterocycles. The lowest BCUT2D eigenvalue weighted by atomic mass is 9.60. The van der Waals surface area contributed by atoms with E-state index in [1.54, 1.807) is 0 Å². The van der Waals surface area contributed by atoms with E-state index in [0.29, 0.717) is 25.7 Å². The van der Waals surface area contributed by atoms with Gasteiger partial charge in [-0.1, -0.05) is 0 Å². The van der Waals surface area contributed by atoms with E-state index in [0.717, 1.165) is 12.1 Å². The molecule has 2 aromatic rings. The number of alkyl halides is 5. The fourth-order valence-electron chi connectivity index (χ4n) is 5.36. The molecular formula is C26H25F5N2O8. The number of benzene rings is 2. The monoisotopic (exact) mass is 588 g/mol. The van der Waals surface area contributed by atoms with Crippen LogP contribution in [0.4, 0.5) is 22.0 Å². The number of rotatable bonds is 9. The number of halogens is 5. The van der Waals surface area contributed by atoms with Crippen molar-refractivity contribution >= 4 is 11.8 Å². The molecule has 10 nitrogen and oxygen atoms in total. The van der Waals surface area contributed by atoms with Gasteiger partial charge in [-0.15, -0.1) is 22.0 Å². The molecule has 0 radical (unpaired) electrons. The van der Waals surface area contributed by atoms with Crippen molar-refractivity contribution in [3.8, 4) is 28.7 Å². The summed E-state index contributed by atoms with van der Waals surface area (Å²) in [4.78, 5) is 25.2. The lowest BCUT2D eigenvalue weighted by molar-refractivity contribution is -0.286. The van der Waals surface area contributed by atoms with E-state index in [1.807, 2.05) is 0 Å². The maximum absolute atomic E-state index is 13.2. The van der Waals surface area contributed by atoms with Crippen LogP contribution in [0.1, 0.15) is 32.1 Å². The van der Waals surface area contributed by atoms with Crippen LogP contribution in [0, 0.1) is 0 Å². The number of hydrogen-bond donors (Lipinski definition) is 3. The van der Waals surface area contributed by atoms with Gasteiger partial charge in [0, 0.05) is 11.6 Å². The lowest BCUT2D eigenvalue weighted by Gasteiger charge is -2.56. The van der Waals surface area contributed by atoms with Gasteiger partial charge in [-0.25, -0.2) is 0 Å². The smallest absolute Gasteiger partial charge is 0.484 e. The van der Waals surface area contributed by atoms with Gasteiger partial charge in [0.1, 0.15) is 17.2 Å². The summed E-state index contributed by atoms with van der Waals surface area (Å²) in [7, 11) is 0. The van der Waals surface area contributed by atoms with Crippen molar-refractivity contribution < 1.29 is 60.3 Å². The number of amides is 2. The lowest BCUT2D eigenvalue weighted by Crippen LogP contribution is -2.70. The van der Waals surface area contributed by atoms with E-state index >= 15 is 0 Å². The molecule has 3 N–H and O–H groups in total. The van der Waals surface area contributed by atoms with Crippen LogP contribution in [-0.4, -0.2) is 60.0 Å². The molecule has 1 aliphatic heterocycles. The highest BCUT2D eigenvalue weighted by Crippen LogP contribution is 2.47.